The van der Waals surface area contributed by atoms with E-state index in [1.165, 1.54) is 6.07 Å². The van der Waals surface area contributed by atoms with Crippen molar-refractivity contribution in [2.45, 2.75) is 19.4 Å². The van der Waals surface area contributed by atoms with Gasteiger partial charge >= 0.3 is 0 Å². The van der Waals surface area contributed by atoms with Crippen molar-refractivity contribution in [2.24, 2.45) is 7.05 Å². The number of fused-ring (bicyclic) bond motifs is 1. The van der Waals surface area contributed by atoms with E-state index in [1.54, 1.807) is 12.1 Å². The molecule has 2 heterocycles. The van der Waals surface area contributed by atoms with E-state index in [4.69, 9.17) is 9.47 Å². The van der Waals surface area contributed by atoms with Gasteiger partial charge in [-0.05, 0) is 48.9 Å². The van der Waals surface area contributed by atoms with Gasteiger partial charge in [0.25, 0.3) is 0 Å². The van der Waals surface area contributed by atoms with Crippen molar-refractivity contribution in [3.63, 3.8) is 0 Å². The first-order chi connectivity index (χ1) is 13.7. The van der Waals surface area contributed by atoms with Crippen LogP contribution >= 0.6 is 0 Å². The second-order valence-corrected chi connectivity index (χ2v) is 6.95. The highest BCUT2D eigenvalue weighted by Gasteiger charge is 2.15. The first kappa shape index (κ1) is 18.5. The van der Waals surface area contributed by atoms with Crippen molar-refractivity contribution in [1.29, 1.82) is 0 Å². The Morgan fingerprint density at radius 3 is 2.82 bits per heavy atom. The van der Waals surface area contributed by atoms with Crippen molar-refractivity contribution >= 4 is 0 Å². The number of hydrogen-bond acceptors (Lipinski definition) is 4. The Morgan fingerprint density at radius 1 is 1.11 bits per heavy atom. The van der Waals surface area contributed by atoms with Crippen molar-refractivity contribution in [3.8, 4) is 22.8 Å². The summed E-state index contributed by atoms with van der Waals surface area (Å²) in [7, 11) is 1.92. The number of nitrogens with zero attached hydrogens (tertiary/aromatic N) is 2. The molecule has 1 aromatic heterocycles. The first-order valence-electron chi connectivity index (χ1n) is 9.57. The molecule has 5 nitrogen and oxygen atoms in total. The quantitative estimate of drug-likeness (QED) is 0.661. The van der Waals surface area contributed by atoms with Crippen LogP contribution in [0.4, 0.5) is 4.39 Å². The van der Waals surface area contributed by atoms with Crippen LogP contribution in [-0.4, -0.2) is 29.5 Å². The Labute approximate surface area is 164 Å². The molecule has 3 aromatic rings. The van der Waals surface area contributed by atoms with Gasteiger partial charge < -0.3 is 14.8 Å². The minimum absolute atomic E-state index is 0.193. The van der Waals surface area contributed by atoms with E-state index < -0.39 is 0 Å². The smallest absolute Gasteiger partial charge is 0.161 e. The van der Waals surface area contributed by atoms with E-state index in [2.05, 4.69) is 10.4 Å². The van der Waals surface area contributed by atoms with Gasteiger partial charge in [-0.1, -0.05) is 12.1 Å². The molecule has 146 valence electrons. The first-order valence-corrected chi connectivity index (χ1v) is 9.57. The zero-order valence-corrected chi connectivity index (χ0v) is 16.0. The molecule has 0 radical (unpaired) electrons. The van der Waals surface area contributed by atoms with Gasteiger partial charge in [0.2, 0.25) is 0 Å². The number of nitrogens with one attached hydrogen (secondary N) is 1. The number of rotatable bonds is 6. The maximum Gasteiger partial charge on any atom is 0.161 e. The van der Waals surface area contributed by atoms with Crippen LogP contribution in [0, 0.1) is 5.82 Å². The lowest BCUT2D eigenvalue weighted by atomic mass is 10.1. The summed E-state index contributed by atoms with van der Waals surface area (Å²) in [4.78, 5) is 0. The molecule has 1 aliphatic rings. The summed E-state index contributed by atoms with van der Waals surface area (Å²) in [5, 5.41) is 8.07. The lowest BCUT2D eigenvalue weighted by Crippen LogP contribution is -2.16. The van der Waals surface area contributed by atoms with Crippen LogP contribution in [0.15, 0.2) is 48.7 Å². The maximum absolute atomic E-state index is 13.3. The number of aryl methyl sites for hydroxylation is 1. The highest BCUT2D eigenvalue weighted by Crippen LogP contribution is 2.34. The molecule has 0 aliphatic carbocycles. The van der Waals surface area contributed by atoms with Gasteiger partial charge in [0.1, 0.15) is 5.82 Å². The number of hydrogen-bond donors (Lipinski definition) is 1. The molecule has 0 unspecified atom stereocenters. The highest BCUT2D eigenvalue weighted by molar-refractivity contribution is 5.66. The van der Waals surface area contributed by atoms with Gasteiger partial charge in [-0.15, -0.1) is 0 Å². The van der Waals surface area contributed by atoms with Gasteiger partial charge in [0, 0.05) is 37.3 Å². The SMILES string of the molecule is Cn1cc(CNCCc2cccc(F)c2)c(-c2ccc3c(c2)OCCCO3)n1. The zero-order chi connectivity index (χ0) is 19.3. The van der Waals surface area contributed by atoms with Crippen LogP contribution in [-0.2, 0) is 20.0 Å². The Balaban J connectivity index is 1.44. The van der Waals surface area contributed by atoms with Gasteiger partial charge in [0.15, 0.2) is 11.5 Å². The van der Waals surface area contributed by atoms with E-state index in [1.807, 2.05) is 42.2 Å². The number of aromatic nitrogens is 2. The number of benzene rings is 2. The maximum atomic E-state index is 13.3. The Bertz CT molecular complexity index is 955. The summed E-state index contributed by atoms with van der Waals surface area (Å²) in [5.41, 5.74) is 4.03. The van der Waals surface area contributed by atoms with E-state index in [0.29, 0.717) is 19.8 Å². The van der Waals surface area contributed by atoms with Gasteiger partial charge in [-0.3, -0.25) is 4.68 Å². The van der Waals surface area contributed by atoms with Crippen molar-refractivity contribution < 1.29 is 13.9 Å². The molecule has 4 rings (SSSR count). The van der Waals surface area contributed by atoms with E-state index >= 15 is 0 Å². The molecule has 0 fully saturated rings. The van der Waals surface area contributed by atoms with Crippen LogP contribution in [0.25, 0.3) is 11.3 Å². The molecule has 1 aliphatic heterocycles. The van der Waals surface area contributed by atoms with Gasteiger partial charge in [-0.25, -0.2) is 4.39 Å². The number of halogens is 1. The van der Waals surface area contributed by atoms with E-state index in [0.717, 1.165) is 53.3 Å². The minimum Gasteiger partial charge on any atom is -0.490 e. The molecule has 2 aromatic carbocycles. The molecule has 1 N–H and O–H groups in total. The monoisotopic (exact) mass is 381 g/mol. The third-order valence-electron chi connectivity index (χ3n) is 4.72. The summed E-state index contributed by atoms with van der Waals surface area (Å²) in [6.45, 7) is 2.79. The summed E-state index contributed by atoms with van der Waals surface area (Å²) in [5.74, 6) is 1.36. The van der Waals surface area contributed by atoms with E-state index in [-0.39, 0.29) is 5.82 Å². The van der Waals surface area contributed by atoms with Crippen molar-refractivity contribution in [3.05, 3.63) is 65.6 Å². The fourth-order valence-electron chi connectivity index (χ4n) is 3.37. The largest absolute Gasteiger partial charge is 0.490 e. The van der Waals surface area contributed by atoms with Crippen LogP contribution in [0.2, 0.25) is 0 Å². The highest BCUT2D eigenvalue weighted by atomic mass is 19.1. The molecule has 0 amide bonds. The number of ether oxygens (including phenoxy) is 2. The fraction of sp³-hybridized carbons (Fsp3) is 0.318. The predicted molar refractivity (Wildman–Crippen MR) is 106 cm³/mol. The molecule has 0 saturated carbocycles. The van der Waals surface area contributed by atoms with Crippen LogP contribution in [0.3, 0.4) is 0 Å². The average molecular weight is 381 g/mol. The predicted octanol–water partition coefficient (Wildman–Crippen LogP) is 3.72. The fourth-order valence-corrected chi connectivity index (χ4v) is 3.37. The Hall–Kier alpha value is -2.86. The normalized spacial score (nSPS) is 13.4. The molecule has 28 heavy (non-hydrogen) atoms. The second kappa shape index (κ2) is 8.44. The molecule has 6 heteroatoms. The lowest BCUT2D eigenvalue weighted by Gasteiger charge is -2.10. The molecule has 0 saturated heterocycles. The zero-order valence-electron chi connectivity index (χ0n) is 16.0. The molecule has 0 atom stereocenters. The topological polar surface area (TPSA) is 48.3 Å². The minimum atomic E-state index is -0.193. The molecule has 0 bridgehead atoms. The van der Waals surface area contributed by atoms with E-state index in [9.17, 15) is 4.39 Å². The summed E-state index contributed by atoms with van der Waals surface area (Å²) in [6, 6.07) is 12.7. The Morgan fingerprint density at radius 2 is 1.96 bits per heavy atom. The van der Waals surface area contributed by atoms with Gasteiger partial charge in [-0.2, -0.15) is 5.10 Å². The summed E-state index contributed by atoms with van der Waals surface area (Å²) in [6.07, 6.45) is 3.68. The van der Waals surface area contributed by atoms with Gasteiger partial charge in [0.05, 0.1) is 18.9 Å². The third kappa shape index (κ3) is 4.34. The third-order valence-corrected chi connectivity index (χ3v) is 4.72. The molecule has 0 spiro atoms. The second-order valence-electron chi connectivity index (χ2n) is 6.95. The van der Waals surface area contributed by atoms with Crippen LogP contribution in [0.1, 0.15) is 17.5 Å². The Kier molecular flexibility index (Phi) is 5.58. The van der Waals surface area contributed by atoms with Crippen LogP contribution in [0.5, 0.6) is 11.5 Å². The molecular weight excluding hydrogens is 357 g/mol. The van der Waals surface area contributed by atoms with Crippen LogP contribution < -0.4 is 14.8 Å². The molecular formula is C22H24FN3O2. The van der Waals surface area contributed by atoms with Crippen molar-refractivity contribution in [1.82, 2.24) is 15.1 Å². The summed E-state index contributed by atoms with van der Waals surface area (Å²) < 4.78 is 26.6. The lowest BCUT2D eigenvalue weighted by molar-refractivity contribution is 0.297. The summed E-state index contributed by atoms with van der Waals surface area (Å²) >= 11 is 0. The van der Waals surface area contributed by atoms with Crippen molar-refractivity contribution in [2.75, 3.05) is 19.8 Å². The standard InChI is InChI=1S/C22H24FN3O2/c1-26-15-18(14-24-9-8-16-4-2-5-19(23)12-16)22(25-26)17-6-7-20-21(13-17)28-11-3-10-27-20/h2,4-7,12-13,15,24H,3,8-11,14H2,1H3. The average Bonchev–Trinajstić information content (AvgIpc) is 2.90.